The minimum atomic E-state index is -3.74. The molecule has 0 radical (unpaired) electrons. The number of amides is 2. The Morgan fingerprint density at radius 3 is 1.45 bits per heavy atom. The van der Waals surface area contributed by atoms with E-state index in [1.165, 1.54) is 11.8 Å². The molecule has 18 heteroatoms. The van der Waals surface area contributed by atoms with Crippen molar-refractivity contribution in [3.05, 3.63) is 300 Å². The molecule has 446 valence electrons. The third-order valence-corrected chi connectivity index (χ3v) is 20.4. The van der Waals surface area contributed by atoms with Crippen LogP contribution < -0.4 is 26.0 Å². The highest BCUT2D eigenvalue weighted by atomic mass is 32.2. The number of tetrazole rings is 1. The summed E-state index contributed by atoms with van der Waals surface area (Å²) in [5, 5.41) is 16.7. The number of ether oxygens (including phenoxy) is 5. The Labute approximate surface area is 519 Å². The van der Waals surface area contributed by atoms with Crippen LogP contribution in [0.25, 0.3) is 0 Å². The molecule has 2 amide bonds. The van der Waals surface area contributed by atoms with Crippen LogP contribution in [0.5, 0.6) is 5.75 Å². The van der Waals surface area contributed by atoms with Crippen molar-refractivity contribution in [3.8, 4) is 5.75 Å². The molecule has 0 bridgehead atoms. The number of aromatic nitrogens is 4. The molecule has 1 fully saturated rings. The third kappa shape index (κ3) is 13.2. The van der Waals surface area contributed by atoms with Crippen LogP contribution in [0.1, 0.15) is 51.5 Å². The number of nitrogens with one attached hydrogen (secondary N) is 1. The summed E-state index contributed by atoms with van der Waals surface area (Å²) in [5.41, 5.74) is 0.877. The summed E-state index contributed by atoms with van der Waals surface area (Å²) in [5.74, 6) is -5.95. The maximum Gasteiger partial charge on any atom is 0.357 e. The minimum absolute atomic E-state index is 0.169. The van der Waals surface area contributed by atoms with Gasteiger partial charge in [-0.05, 0) is 71.9 Å². The van der Waals surface area contributed by atoms with Crippen molar-refractivity contribution in [1.29, 1.82) is 0 Å². The lowest BCUT2D eigenvalue weighted by atomic mass is 9.93. The molecule has 0 spiro atoms. The van der Waals surface area contributed by atoms with Gasteiger partial charge >= 0.3 is 11.9 Å². The molecule has 1 aromatic heterocycles. The summed E-state index contributed by atoms with van der Waals surface area (Å²) in [4.78, 5) is 79.8. The second-order valence-electron chi connectivity index (χ2n) is 20.7. The molecule has 1 unspecified atom stereocenters. The molecule has 0 saturated carbocycles. The third-order valence-electron chi connectivity index (χ3n) is 15.1. The van der Waals surface area contributed by atoms with Crippen molar-refractivity contribution in [2.75, 3.05) is 19.5 Å². The number of methoxy groups -OCH3 is 1. The topological polar surface area (TPSA) is 190 Å². The molecule has 1 saturated heterocycles. The van der Waals surface area contributed by atoms with Gasteiger partial charge in [0.15, 0.2) is 30.1 Å². The van der Waals surface area contributed by atoms with E-state index in [0.29, 0.717) is 49.1 Å². The number of thioether (sulfide) groups is 1. The standard InChI is InChI=1S/C71H61N6O10PS/c1-76-70(73-74-75-76)89-49-56(78)48-85-69-71(83-2,72-64(79)61(51-43-45-57(46-44-51)84-47-50-27-11-3-12-28-50)66(80)86-62(52-29-13-4-14-30-52)53-31-15-5-16-32-53)68(82)77(69)65(67(81)87-63(54-33-17-6-18-34-54)55-35-19-7-20-36-55)88(58-37-21-8-22-38-58,59-39-23-9-24-40-59)60-41-25-10-26-42-60/h3-46,61-63,69H,47-49H2,1-2H3,(H,72,79)/t61?,69-,71+/m0/s1. The minimum Gasteiger partial charge on any atom is -0.489 e. The fourth-order valence-corrected chi connectivity index (χ4v) is 15.8. The quantitative estimate of drug-likeness (QED) is 0.0142. The zero-order valence-corrected chi connectivity index (χ0v) is 50.2. The van der Waals surface area contributed by atoms with Gasteiger partial charge in [-0.2, -0.15) is 0 Å². The molecule has 1 N–H and O–H groups in total. The molecular weight excluding hydrogens is 1160 g/mol. The molecule has 2 heterocycles. The first-order chi connectivity index (χ1) is 43.6. The Morgan fingerprint density at radius 2 is 1.01 bits per heavy atom. The first-order valence-corrected chi connectivity index (χ1v) is 31.4. The predicted molar refractivity (Wildman–Crippen MR) is 341 cm³/mol. The van der Waals surface area contributed by atoms with Gasteiger partial charge in [-0.15, -0.1) is 5.10 Å². The van der Waals surface area contributed by atoms with Gasteiger partial charge in [-0.25, -0.2) is 9.48 Å². The Morgan fingerprint density at radius 1 is 0.573 bits per heavy atom. The number of ketones is 1. The van der Waals surface area contributed by atoms with E-state index in [-0.39, 0.29) is 23.3 Å². The van der Waals surface area contributed by atoms with Crippen molar-refractivity contribution in [2.45, 2.75) is 41.8 Å². The Kier molecular flexibility index (Phi) is 19.2. The first-order valence-electron chi connectivity index (χ1n) is 28.6. The van der Waals surface area contributed by atoms with Crippen molar-refractivity contribution >= 4 is 69.5 Å². The zero-order valence-electron chi connectivity index (χ0n) is 48.5. The van der Waals surface area contributed by atoms with Gasteiger partial charge in [0, 0.05) is 21.0 Å². The van der Waals surface area contributed by atoms with Crippen LogP contribution in [0.15, 0.2) is 272 Å². The van der Waals surface area contributed by atoms with Gasteiger partial charge in [0.25, 0.3) is 11.6 Å². The number of β-lactam (4-membered cyclic amide) rings is 1. The molecule has 11 rings (SSSR count). The summed E-state index contributed by atoms with van der Waals surface area (Å²) in [7, 11) is 2.83. The monoisotopic (exact) mass is 1220 g/mol. The van der Waals surface area contributed by atoms with E-state index in [4.69, 9.17) is 23.7 Å². The van der Waals surface area contributed by atoms with Crippen LogP contribution >= 0.6 is 18.6 Å². The van der Waals surface area contributed by atoms with Crippen molar-refractivity contribution in [2.24, 2.45) is 7.05 Å². The van der Waals surface area contributed by atoms with E-state index in [1.54, 1.807) is 31.3 Å². The highest BCUT2D eigenvalue weighted by Gasteiger charge is 2.68. The SMILES string of the molecule is CO[C@]1(NC(=O)C(C(=O)OC(c2ccccc2)c2ccccc2)c2ccc(OCc3ccccc3)cc2)C(=O)N(C(C(=O)OC(c2ccccc2)c2ccccc2)=P(c2ccccc2)(c2ccccc2)c2ccccc2)[C@H]1OCC(=O)CSc1nnnn1C. The number of benzene rings is 9. The number of carbonyl (C=O) groups is 5. The van der Waals surface area contributed by atoms with Crippen LogP contribution in [-0.2, 0) is 56.6 Å². The van der Waals surface area contributed by atoms with Crippen molar-refractivity contribution in [3.63, 3.8) is 0 Å². The van der Waals surface area contributed by atoms with Crippen LogP contribution in [0, 0.1) is 0 Å². The highest BCUT2D eigenvalue weighted by Crippen LogP contribution is 2.51. The van der Waals surface area contributed by atoms with Gasteiger partial charge in [-0.1, -0.05) is 267 Å². The smallest absolute Gasteiger partial charge is 0.357 e. The van der Waals surface area contributed by atoms with Gasteiger partial charge in [0.1, 0.15) is 24.4 Å². The molecule has 0 aliphatic carbocycles. The van der Waals surface area contributed by atoms with E-state index < -0.39 is 73.1 Å². The first kappa shape index (κ1) is 60.6. The predicted octanol–water partition coefficient (Wildman–Crippen LogP) is 9.67. The molecule has 1 aliphatic rings. The van der Waals surface area contributed by atoms with Gasteiger partial charge in [-0.3, -0.25) is 24.1 Å². The number of hydrogen-bond donors (Lipinski definition) is 1. The number of hydrogen-bond acceptors (Lipinski definition) is 14. The summed E-state index contributed by atoms with van der Waals surface area (Å²) < 4.78 is 34.0. The Balaban J connectivity index is 1.08. The largest absolute Gasteiger partial charge is 0.489 e. The molecule has 89 heavy (non-hydrogen) atoms. The summed E-state index contributed by atoms with van der Waals surface area (Å²) in [6.07, 6.45) is -3.85. The Hall–Kier alpha value is -10.0. The maximum absolute atomic E-state index is 16.6. The number of esters is 2. The fourth-order valence-electron chi connectivity index (χ4n) is 10.8. The van der Waals surface area contributed by atoms with Crippen molar-refractivity contribution in [1.82, 2.24) is 30.4 Å². The van der Waals surface area contributed by atoms with E-state index in [1.807, 2.05) is 243 Å². The number of Topliss-reactive ketones (excluding diaryl/α,β-unsaturated/α-hetero) is 1. The number of likely N-dealkylation sites (tertiary alicyclic amines) is 1. The lowest BCUT2D eigenvalue weighted by Crippen LogP contribution is -2.84. The summed E-state index contributed by atoms with van der Waals surface area (Å²) >= 11 is 1.06. The maximum atomic E-state index is 16.6. The summed E-state index contributed by atoms with van der Waals surface area (Å²) in [6.45, 7) is -4.19. The normalized spacial score (nSPS) is 14.9. The van der Waals surface area contributed by atoms with E-state index in [9.17, 15) is 4.79 Å². The average Bonchev–Trinajstić information content (AvgIpc) is 0.867. The lowest BCUT2D eigenvalue weighted by Gasteiger charge is -2.55. The molecule has 9 aromatic carbocycles. The summed E-state index contributed by atoms with van der Waals surface area (Å²) in [6, 6.07) is 80.8. The number of carbonyl (C=O) groups excluding carboxylic acids is 5. The van der Waals surface area contributed by atoms with Crippen LogP contribution in [0.3, 0.4) is 0 Å². The molecule has 10 aromatic rings. The van der Waals surface area contributed by atoms with Crippen molar-refractivity contribution < 1.29 is 47.7 Å². The van der Waals surface area contributed by atoms with E-state index >= 15 is 19.2 Å². The van der Waals surface area contributed by atoms with E-state index in [2.05, 4.69) is 20.8 Å². The average molecular weight is 1220 g/mol. The van der Waals surface area contributed by atoms with Gasteiger partial charge in [0.05, 0.1) is 5.75 Å². The van der Waals surface area contributed by atoms with Crippen LogP contribution in [-0.4, -0.2) is 91.5 Å². The zero-order chi connectivity index (χ0) is 61.6. The Bertz CT molecular complexity index is 3900. The molecule has 1 aliphatic heterocycles. The van der Waals surface area contributed by atoms with Gasteiger partial charge < -0.3 is 29.0 Å². The van der Waals surface area contributed by atoms with Crippen LogP contribution in [0.2, 0.25) is 0 Å². The number of aryl methyl sites for hydroxylation is 1. The number of nitrogens with zero attached hydrogens (tertiary/aromatic N) is 5. The fraction of sp³-hybridized carbons (Fsp3) is 0.141. The lowest BCUT2D eigenvalue weighted by molar-refractivity contribution is -0.245. The van der Waals surface area contributed by atoms with Gasteiger partial charge in [0.2, 0.25) is 11.1 Å². The number of rotatable bonds is 25. The second kappa shape index (κ2) is 28.2. The molecule has 16 nitrogen and oxygen atoms in total. The second-order valence-corrected chi connectivity index (χ2v) is 25.0. The highest BCUT2D eigenvalue weighted by molar-refractivity contribution is 7.99. The molecular formula is C71H61N6O10PS. The van der Waals surface area contributed by atoms with E-state index in [0.717, 1.165) is 22.2 Å². The van der Waals surface area contributed by atoms with Crippen LogP contribution in [0.4, 0.5) is 0 Å². The molecule has 3 atom stereocenters.